The van der Waals surface area contributed by atoms with E-state index in [0.717, 1.165) is 31.2 Å². The SMILES string of the molecule is CC1CCC(N(C)C(=O)COC(=O)c2ccc3c(c2)CCN3S(C)(=O)=O)CC1. The molecule has 1 aromatic rings. The van der Waals surface area contributed by atoms with Gasteiger partial charge in [-0.15, -0.1) is 0 Å². The summed E-state index contributed by atoms with van der Waals surface area (Å²) in [5.41, 5.74) is 1.72. The number of likely N-dealkylation sites (N-methyl/N-ethyl adjacent to an activating group) is 1. The molecule has 1 heterocycles. The van der Waals surface area contributed by atoms with Crippen LogP contribution in [-0.2, 0) is 26.0 Å². The van der Waals surface area contributed by atoms with E-state index in [2.05, 4.69) is 6.92 Å². The fourth-order valence-corrected chi connectivity index (χ4v) is 4.95. The van der Waals surface area contributed by atoms with Gasteiger partial charge in [0.1, 0.15) is 0 Å². The van der Waals surface area contributed by atoms with Crippen molar-refractivity contribution >= 4 is 27.6 Å². The lowest BCUT2D eigenvalue weighted by atomic mass is 9.87. The topological polar surface area (TPSA) is 84.0 Å². The molecule has 154 valence electrons. The molecule has 0 saturated heterocycles. The normalized spacial score (nSPS) is 21.9. The molecule has 2 aliphatic rings. The van der Waals surface area contributed by atoms with Crippen molar-refractivity contribution in [2.24, 2.45) is 5.92 Å². The Kier molecular flexibility index (Phi) is 5.98. The predicted octanol–water partition coefficient (Wildman–Crippen LogP) is 2.20. The number of sulfonamides is 1. The maximum atomic E-state index is 12.4. The summed E-state index contributed by atoms with van der Waals surface area (Å²) in [6.07, 6.45) is 5.91. The zero-order chi connectivity index (χ0) is 20.5. The number of carbonyl (C=O) groups is 2. The first-order valence-corrected chi connectivity index (χ1v) is 11.5. The first-order chi connectivity index (χ1) is 13.2. The maximum absolute atomic E-state index is 12.4. The van der Waals surface area contributed by atoms with Crippen LogP contribution in [0, 0.1) is 5.92 Å². The van der Waals surface area contributed by atoms with E-state index < -0.39 is 16.0 Å². The van der Waals surface area contributed by atoms with Crippen LogP contribution in [0.3, 0.4) is 0 Å². The number of carbonyl (C=O) groups excluding carboxylic acids is 2. The van der Waals surface area contributed by atoms with Crippen molar-refractivity contribution in [3.05, 3.63) is 29.3 Å². The van der Waals surface area contributed by atoms with Crippen LogP contribution in [0.5, 0.6) is 0 Å². The Morgan fingerprint density at radius 2 is 1.89 bits per heavy atom. The molecular formula is C20H28N2O5S. The number of fused-ring (bicyclic) bond motifs is 1. The molecule has 7 nitrogen and oxygen atoms in total. The first-order valence-electron chi connectivity index (χ1n) is 9.70. The van der Waals surface area contributed by atoms with E-state index in [1.54, 1.807) is 30.1 Å². The minimum atomic E-state index is -3.33. The smallest absolute Gasteiger partial charge is 0.338 e. The van der Waals surface area contributed by atoms with Crippen LogP contribution in [0.15, 0.2) is 18.2 Å². The van der Waals surface area contributed by atoms with Crippen molar-refractivity contribution in [2.75, 3.05) is 30.8 Å². The highest BCUT2D eigenvalue weighted by atomic mass is 32.2. The lowest BCUT2D eigenvalue weighted by Gasteiger charge is -2.33. The molecule has 1 aromatic carbocycles. The van der Waals surface area contributed by atoms with Gasteiger partial charge in [0.25, 0.3) is 5.91 Å². The fourth-order valence-electron chi connectivity index (χ4n) is 3.99. The van der Waals surface area contributed by atoms with Crippen LogP contribution in [0.1, 0.15) is 48.5 Å². The molecule has 8 heteroatoms. The Hall–Kier alpha value is -2.09. The van der Waals surface area contributed by atoms with E-state index in [-0.39, 0.29) is 18.6 Å². The molecule has 0 atom stereocenters. The second kappa shape index (κ2) is 8.11. The van der Waals surface area contributed by atoms with Crippen molar-refractivity contribution in [2.45, 2.75) is 45.1 Å². The highest BCUT2D eigenvalue weighted by molar-refractivity contribution is 7.92. The second-order valence-electron chi connectivity index (χ2n) is 7.92. The Morgan fingerprint density at radius 3 is 2.54 bits per heavy atom. The largest absolute Gasteiger partial charge is 0.452 e. The number of rotatable bonds is 5. The molecule has 0 radical (unpaired) electrons. The van der Waals surface area contributed by atoms with Crippen LogP contribution >= 0.6 is 0 Å². The van der Waals surface area contributed by atoms with Gasteiger partial charge >= 0.3 is 5.97 Å². The zero-order valence-corrected chi connectivity index (χ0v) is 17.5. The summed E-state index contributed by atoms with van der Waals surface area (Å²) in [7, 11) is -1.56. The lowest BCUT2D eigenvalue weighted by Crippen LogP contribution is -2.41. The molecule has 1 fully saturated rings. The Morgan fingerprint density at radius 1 is 1.21 bits per heavy atom. The monoisotopic (exact) mass is 408 g/mol. The minimum absolute atomic E-state index is 0.197. The highest BCUT2D eigenvalue weighted by Crippen LogP contribution is 2.31. The van der Waals surface area contributed by atoms with Crippen molar-refractivity contribution in [3.8, 4) is 0 Å². The van der Waals surface area contributed by atoms with Gasteiger partial charge < -0.3 is 9.64 Å². The summed E-state index contributed by atoms with van der Waals surface area (Å²) in [6, 6.07) is 5.03. The van der Waals surface area contributed by atoms with Crippen molar-refractivity contribution in [1.82, 2.24) is 4.90 Å². The van der Waals surface area contributed by atoms with Crippen LogP contribution in [0.2, 0.25) is 0 Å². The number of amides is 1. The molecule has 28 heavy (non-hydrogen) atoms. The van der Waals surface area contributed by atoms with Gasteiger partial charge in [-0.2, -0.15) is 0 Å². The van der Waals surface area contributed by atoms with Crippen LogP contribution in [0.25, 0.3) is 0 Å². The number of benzene rings is 1. The van der Waals surface area contributed by atoms with Gasteiger partial charge in [-0.25, -0.2) is 13.2 Å². The first kappa shape index (κ1) is 20.6. The summed E-state index contributed by atoms with van der Waals surface area (Å²) in [5, 5.41) is 0. The molecule has 1 amide bonds. The molecule has 1 aliphatic carbocycles. The summed E-state index contributed by atoms with van der Waals surface area (Å²) < 4.78 is 30.1. The Labute approximate surface area is 166 Å². The third-order valence-electron chi connectivity index (χ3n) is 5.82. The third kappa shape index (κ3) is 4.48. The Bertz CT molecular complexity index is 859. The van der Waals surface area contributed by atoms with Gasteiger partial charge in [-0.05, 0) is 61.8 Å². The number of hydrogen-bond donors (Lipinski definition) is 0. The van der Waals surface area contributed by atoms with Gasteiger partial charge in [0, 0.05) is 19.6 Å². The number of nitrogens with zero attached hydrogens (tertiary/aromatic N) is 2. The van der Waals surface area contributed by atoms with Gasteiger partial charge in [-0.1, -0.05) is 6.92 Å². The van der Waals surface area contributed by atoms with Gasteiger partial charge in [0.05, 0.1) is 17.5 Å². The van der Waals surface area contributed by atoms with Gasteiger partial charge in [-0.3, -0.25) is 9.10 Å². The van der Waals surface area contributed by atoms with E-state index in [0.29, 0.717) is 30.1 Å². The summed E-state index contributed by atoms with van der Waals surface area (Å²) in [4.78, 5) is 26.4. The van der Waals surface area contributed by atoms with E-state index in [4.69, 9.17) is 4.74 Å². The van der Waals surface area contributed by atoms with Crippen molar-refractivity contribution < 1.29 is 22.7 Å². The van der Waals surface area contributed by atoms with E-state index in [1.807, 2.05) is 0 Å². The summed E-state index contributed by atoms with van der Waals surface area (Å²) in [6.45, 7) is 2.31. The molecule has 0 aromatic heterocycles. The molecule has 0 N–H and O–H groups in total. The minimum Gasteiger partial charge on any atom is -0.452 e. The molecule has 1 aliphatic heterocycles. The molecular weight excluding hydrogens is 380 g/mol. The van der Waals surface area contributed by atoms with Crippen molar-refractivity contribution in [1.29, 1.82) is 0 Å². The van der Waals surface area contributed by atoms with Gasteiger partial charge in [0.15, 0.2) is 6.61 Å². The van der Waals surface area contributed by atoms with E-state index >= 15 is 0 Å². The van der Waals surface area contributed by atoms with Gasteiger partial charge in [0.2, 0.25) is 10.0 Å². The van der Waals surface area contributed by atoms with Crippen LogP contribution < -0.4 is 4.31 Å². The lowest BCUT2D eigenvalue weighted by molar-refractivity contribution is -0.136. The van der Waals surface area contributed by atoms with Crippen LogP contribution in [0.4, 0.5) is 5.69 Å². The molecule has 0 bridgehead atoms. The number of anilines is 1. The number of esters is 1. The maximum Gasteiger partial charge on any atom is 0.338 e. The quantitative estimate of drug-likeness (QED) is 0.698. The standard InChI is InChI=1S/C20H28N2O5S/c1-14-4-7-17(8-5-14)21(2)19(23)13-27-20(24)16-6-9-18-15(12-16)10-11-22(18)28(3,25)26/h6,9,12,14,17H,4-5,7-8,10-11,13H2,1-3H3. The average molecular weight is 409 g/mol. The molecule has 0 unspecified atom stereocenters. The summed E-state index contributed by atoms with van der Waals surface area (Å²) in [5.74, 6) is -0.0621. The predicted molar refractivity (Wildman–Crippen MR) is 107 cm³/mol. The van der Waals surface area contributed by atoms with E-state index in [9.17, 15) is 18.0 Å². The molecule has 0 spiro atoms. The zero-order valence-electron chi connectivity index (χ0n) is 16.7. The summed E-state index contributed by atoms with van der Waals surface area (Å²) >= 11 is 0. The average Bonchev–Trinajstić information content (AvgIpc) is 3.09. The van der Waals surface area contributed by atoms with Crippen LogP contribution in [-0.4, -0.2) is 57.7 Å². The third-order valence-corrected chi connectivity index (χ3v) is 7.00. The molecule has 1 saturated carbocycles. The Balaban J connectivity index is 1.57. The fraction of sp³-hybridized carbons (Fsp3) is 0.600. The van der Waals surface area contributed by atoms with E-state index in [1.165, 1.54) is 10.6 Å². The molecule has 3 rings (SSSR count). The highest BCUT2D eigenvalue weighted by Gasteiger charge is 2.28. The van der Waals surface area contributed by atoms with Crippen molar-refractivity contribution in [3.63, 3.8) is 0 Å². The second-order valence-corrected chi connectivity index (χ2v) is 9.83. The number of ether oxygens (including phenoxy) is 1. The number of hydrogen-bond acceptors (Lipinski definition) is 5.